The summed E-state index contributed by atoms with van der Waals surface area (Å²) in [4.78, 5) is 29.7. The van der Waals surface area contributed by atoms with Gasteiger partial charge in [0.2, 0.25) is 5.95 Å². The van der Waals surface area contributed by atoms with Crippen LogP contribution in [0.3, 0.4) is 0 Å². The molecule has 4 aromatic rings. The topological polar surface area (TPSA) is 73.8 Å². The first-order valence-corrected chi connectivity index (χ1v) is 10.7. The summed E-state index contributed by atoms with van der Waals surface area (Å²) >= 11 is 0. The van der Waals surface area contributed by atoms with Crippen LogP contribution in [0.2, 0.25) is 0 Å². The van der Waals surface area contributed by atoms with Crippen molar-refractivity contribution in [1.29, 1.82) is 0 Å². The van der Waals surface area contributed by atoms with Crippen LogP contribution in [-0.4, -0.2) is 25.2 Å². The Labute approximate surface area is 188 Å². The summed E-state index contributed by atoms with van der Waals surface area (Å²) in [5.74, 6) is -0.841. The van der Waals surface area contributed by atoms with Crippen LogP contribution in [-0.2, 0) is 27.1 Å². The van der Waals surface area contributed by atoms with E-state index < -0.39 is 22.9 Å². The molecule has 0 unspecified atom stereocenters. The molecule has 33 heavy (non-hydrogen) atoms. The first kappa shape index (κ1) is 22.4. The fourth-order valence-corrected chi connectivity index (χ4v) is 3.87. The Morgan fingerprint density at radius 2 is 1.73 bits per heavy atom. The summed E-state index contributed by atoms with van der Waals surface area (Å²) in [6.45, 7) is 0.454. The molecule has 0 saturated heterocycles. The molecule has 1 N–H and O–H groups in total. The van der Waals surface area contributed by atoms with Gasteiger partial charge in [0, 0.05) is 26.2 Å². The van der Waals surface area contributed by atoms with Gasteiger partial charge in [-0.1, -0.05) is 30.3 Å². The molecule has 0 bridgehead atoms. The van der Waals surface area contributed by atoms with E-state index in [-0.39, 0.29) is 23.3 Å². The number of nitrogens with zero attached hydrogens (tertiary/aromatic N) is 4. The maximum atomic E-state index is 14.4. The number of nitrogens with one attached hydrogen (secondary N) is 1. The van der Waals surface area contributed by atoms with Crippen molar-refractivity contribution in [3.8, 4) is 0 Å². The molecule has 0 aliphatic heterocycles. The van der Waals surface area contributed by atoms with E-state index in [1.165, 1.54) is 28.8 Å². The molecule has 0 aliphatic rings. The molecule has 0 spiro atoms. The van der Waals surface area contributed by atoms with E-state index in [1.54, 1.807) is 0 Å². The van der Waals surface area contributed by atoms with Gasteiger partial charge in [0.1, 0.15) is 11.6 Å². The van der Waals surface area contributed by atoms with E-state index in [1.807, 2.05) is 18.2 Å². The third-order valence-electron chi connectivity index (χ3n) is 5.70. The molecule has 0 amide bonds. The molecule has 4 rings (SSSR count). The SMILES string of the molecule is Cn1c(=O)c2c(nc(NCCCCc3ccccc3)n2Cc2cc(F)ccc2F)n(C)c1=O. The highest BCUT2D eigenvalue weighted by Gasteiger charge is 2.20. The Hall–Kier alpha value is -3.75. The summed E-state index contributed by atoms with van der Waals surface area (Å²) < 4.78 is 31.9. The summed E-state index contributed by atoms with van der Waals surface area (Å²) in [6, 6.07) is 13.3. The van der Waals surface area contributed by atoms with Gasteiger partial charge < -0.3 is 5.32 Å². The fourth-order valence-electron chi connectivity index (χ4n) is 3.87. The molecule has 0 fully saturated rings. The molecule has 0 radical (unpaired) electrons. The summed E-state index contributed by atoms with van der Waals surface area (Å²) in [6.07, 6.45) is 2.71. The lowest BCUT2D eigenvalue weighted by molar-refractivity contribution is 0.578. The maximum absolute atomic E-state index is 14.4. The number of rotatable bonds is 8. The standard InChI is InChI=1S/C24H25F2N5O2/c1-29-21-20(22(32)30(2)24(29)33)31(15-17-14-18(25)11-12-19(17)26)23(28-21)27-13-7-6-10-16-8-4-3-5-9-16/h3-5,8-9,11-12,14H,6-7,10,13,15H2,1-2H3,(H,27,28). The zero-order valence-corrected chi connectivity index (χ0v) is 18.5. The van der Waals surface area contributed by atoms with Gasteiger partial charge in [0.15, 0.2) is 11.2 Å². The number of imidazole rings is 1. The first-order chi connectivity index (χ1) is 15.9. The maximum Gasteiger partial charge on any atom is 0.332 e. The van der Waals surface area contributed by atoms with E-state index in [0.717, 1.165) is 42.0 Å². The lowest BCUT2D eigenvalue weighted by Gasteiger charge is -2.12. The van der Waals surface area contributed by atoms with Crippen molar-refractivity contribution in [1.82, 2.24) is 18.7 Å². The van der Waals surface area contributed by atoms with E-state index in [9.17, 15) is 18.4 Å². The van der Waals surface area contributed by atoms with Crippen molar-refractivity contribution in [2.75, 3.05) is 11.9 Å². The molecule has 2 aromatic carbocycles. The third-order valence-corrected chi connectivity index (χ3v) is 5.70. The Kier molecular flexibility index (Phi) is 6.39. The van der Waals surface area contributed by atoms with E-state index in [4.69, 9.17) is 0 Å². The lowest BCUT2D eigenvalue weighted by Crippen LogP contribution is -2.37. The van der Waals surface area contributed by atoms with Crippen LogP contribution in [0.5, 0.6) is 0 Å². The van der Waals surface area contributed by atoms with Gasteiger partial charge in [-0.3, -0.25) is 18.5 Å². The van der Waals surface area contributed by atoms with E-state index in [2.05, 4.69) is 22.4 Å². The second-order valence-corrected chi connectivity index (χ2v) is 8.00. The highest BCUT2D eigenvalue weighted by atomic mass is 19.1. The van der Waals surface area contributed by atoms with Crippen molar-refractivity contribution in [3.63, 3.8) is 0 Å². The number of hydrogen-bond acceptors (Lipinski definition) is 4. The number of benzene rings is 2. The van der Waals surface area contributed by atoms with Crippen LogP contribution in [0.1, 0.15) is 24.0 Å². The van der Waals surface area contributed by atoms with Crippen molar-refractivity contribution < 1.29 is 8.78 Å². The summed E-state index contributed by atoms with van der Waals surface area (Å²) in [5, 5.41) is 3.21. The average molecular weight is 453 g/mol. The quantitative estimate of drug-likeness (QED) is 0.416. The van der Waals surface area contributed by atoms with Crippen molar-refractivity contribution in [2.45, 2.75) is 25.8 Å². The van der Waals surface area contributed by atoms with Crippen LogP contribution < -0.4 is 16.6 Å². The van der Waals surface area contributed by atoms with Crippen LogP contribution in [0.25, 0.3) is 11.2 Å². The van der Waals surface area contributed by atoms with Gasteiger partial charge in [0.05, 0.1) is 6.54 Å². The molecule has 0 saturated carbocycles. The minimum atomic E-state index is -0.589. The predicted molar refractivity (Wildman–Crippen MR) is 124 cm³/mol. The number of aromatic nitrogens is 4. The molecular weight excluding hydrogens is 428 g/mol. The van der Waals surface area contributed by atoms with Gasteiger partial charge in [-0.05, 0) is 43.0 Å². The third kappa shape index (κ3) is 4.57. The van der Waals surface area contributed by atoms with E-state index in [0.29, 0.717) is 12.5 Å². The Morgan fingerprint density at radius 1 is 0.970 bits per heavy atom. The van der Waals surface area contributed by atoms with Gasteiger partial charge in [-0.15, -0.1) is 0 Å². The number of fused-ring (bicyclic) bond motifs is 1. The molecule has 172 valence electrons. The molecule has 2 heterocycles. The highest BCUT2D eigenvalue weighted by Crippen LogP contribution is 2.20. The molecule has 2 aromatic heterocycles. The zero-order valence-electron chi connectivity index (χ0n) is 18.5. The zero-order chi connectivity index (χ0) is 23.5. The average Bonchev–Trinajstić information content (AvgIpc) is 3.17. The van der Waals surface area contributed by atoms with Gasteiger partial charge in [-0.2, -0.15) is 4.98 Å². The lowest BCUT2D eigenvalue weighted by atomic mass is 10.1. The van der Waals surface area contributed by atoms with Crippen LogP contribution in [0.4, 0.5) is 14.7 Å². The molecular formula is C24H25F2N5O2. The van der Waals surface area contributed by atoms with Crippen molar-refractivity contribution in [2.24, 2.45) is 14.1 Å². The number of halogens is 2. The second kappa shape index (κ2) is 9.40. The monoisotopic (exact) mass is 453 g/mol. The molecule has 7 nitrogen and oxygen atoms in total. The first-order valence-electron chi connectivity index (χ1n) is 10.7. The number of aryl methyl sites for hydroxylation is 2. The van der Waals surface area contributed by atoms with Gasteiger partial charge in [0.25, 0.3) is 5.56 Å². The Morgan fingerprint density at radius 3 is 2.48 bits per heavy atom. The van der Waals surface area contributed by atoms with Crippen LogP contribution >= 0.6 is 0 Å². The predicted octanol–water partition coefficient (Wildman–Crippen LogP) is 3.20. The normalized spacial score (nSPS) is 11.3. The number of unbranched alkanes of at least 4 members (excludes halogenated alkanes) is 1. The van der Waals surface area contributed by atoms with E-state index >= 15 is 0 Å². The Bertz CT molecular complexity index is 1410. The molecule has 9 heteroatoms. The van der Waals surface area contributed by atoms with Crippen molar-refractivity contribution >= 4 is 17.1 Å². The summed E-state index contributed by atoms with van der Waals surface area (Å²) in [5.41, 5.74) is 0.613. The van der Waals surface area contributed by atoms with Crippen LogP contribution in [0.15, 0.2) is 58.1 Å². The van der Waals surface area contributed by atoms with Gasteiger partial charge in [-0.25, -0.2) is 13.6 Å². The largest absolute Gasteiger partial charge is 0.356 e. The fraction of sp³-hybridized carbons (Fsp3) is 0.292. The minimum absolute atomic E-state index is 0.0809. The van der Waals surface area contributed by atoms with Gasteiger partial charge >= 0.3 is 5.69 Å². The smallest absolute Gasteiger partial charge is 0.332 e. The Balaban J connectivity index is 1.64. The molecule has 0 atom stereocenters. The molecule has 0 aliphatic carbocycles. The highest BCUT2D eigenvalue weighted by molar-refractivity contribution is 5.74. The minimum Gasteiger partial charge on any atom is -0.356 e. The number of anilines is 1. The summed E-state index contributed by atoms with van der Waals surface area (Å²) in [7, 11) is 2.90. The van der Waals surface area contributed by atoms with Crippen molar-refractivity contribution in [3.05, 3.63) is 92.1 Å². The second-order valence-electron chi connectivity index (χ2n) is 8.00. The number of hydrogen-bond donors (Lipinski definition) is 1. The van der Waals surface area contributed by atoms with Crippen LogP contribution in [0, 0.1) is 11.6 Å².